The van der Waals surface area contributed by atoms with Crippen LogP contribution in [0.15, 0.2) is 71.2 Å². The van der Waals surface area contributed by atoms with E-state index in [2.05, 4.69) is 6.07 Å². The number of rotatable bonds is 5. The number of thiocarbonyl (C=S) groups is 1. The van der Waals surface area contributed by atoms with Crippen molar-refractivity contribution in [3.63, 3.8) is 0 Å². The third kappa shape index (κ3) is 4.97. The van der Waals surface area contributed by atoms with Gasteiger partial charge in [-0.25, -0.2) is 0 Å². The fourth-order valence-corrected chi connectivity index (χ4v) is 5.25. The number of amides is 2. The molecule has 2 aliphatic rings. The van der Waals surface area contributed by atoms with Crippen molar-refractivity contribution in [1.82, 2.24) is 4.90 Å². The molecular formula is C25H24N2O2S2. The maximum absolute atomic E-state index is 12.9. The lowest BCUT2D eigenvalue weighted by Gasteiger charge is -2.30. The zero-order valence-electron chi connectivity index (χ0n) is 17.4. The molecule has 2 aliphatic heterocycles. The zero-order chi connectivity index (χ0) is 21.8. The number of thioether (sulfide) groups is 1. The van der Waals surface area contributed by atoms with Gasteiger partial charge in [-0.15, -0.1) is 0 Å². The van der Waals surface area contributed by atoms with Gasteiger partial charge in [0.25, 0.3) is 5.91 Å². The fourth-order valence-electron chi connectivity index (χ4n) is 3.89. The molecule has 0 radical (unpaired) electrons. The smallest absolute Gasteiger partial charge is 0.266 e. The second-order valence-electron chi connectivity index (χ2n) is 7.66. The van der Waals surface area contributed by atoms with E-state index in [1.165, 1.54) is 17.3 Å². The Morgan fingerprint density at radius 2 is 1.87 bits per heavy atom. The number of hydrogen-bond acceptors (Lipinski definition) is 4. The third-order valence-corrected chi connectivity index (χ3v) is 6.76. The summed E-state index contributed by atoms with van der Waals surface area (Å²) in [6.45, 7) is 3.00. The highest BCUT2D eigenvalue weighted by atomic mass is 32.2. The average Bonchev–Trinajstić information content (AvgIpc) is 3.04. The van der Waals surface area contributed by atoms with Crippen molar-refractivity contribution in [2.24, 2.45) is 0 Å². The van der Waals surface area contributed by atoms with Crippen LogP contribution in [-0.2, 0) is 16.0 Å². The minimum atomic E-state index is -0.123. The third-order valence-electron chi connectivity index (χ3n) is 5.39. The highest BCUT2D eigenvalue weighted by Gasteiger charge is 2.33. The molecule has 1 saturated heterocycles. The molecule has 0 saturated carbocycles. The van der Waals surface area contributed by atoms with E-state index in [1.54, 1.807) is 4.90 Å². The summed E-state index contributed by atoms with van der Waals surface area (Å²) < 4.78 is 0.510. The molecule has 6 heteroatoms. The number of para-hydroxylation sites is 1. The summed E-state index contributed by atoms with van der Waals surface area (Å²) in [5.41, 5.74) is 4.26. The van der Waals surface area contributed by atoms with Crippen LogP contribution in [0.1, 0.15) is 30.9 Å². The number of hydrogen-bond donors (Lipinski definition) is 0. The summed E-state index contributed by atoms with van der Waals surface area (Å²) in [6.07, 6.45) is 6.11. The standard InChI is InChI=1S/C25H24N2O2S2/c1-18(16-19-8-3-2-4-9-19)17-22-24(29)27(25(30)31-22)15-13-23(28)26-14-7-11-20-10-5-6-12-21(20)26/h2-6,8-10,12,16-17H,7,11,13-15H2,1H3/b18-16+,22-17-. The lowest BCUT2D eigenvalue weighted by atomic mass is 10.0. The van der Waals surface area contributed by atoms with Crippen LogP contribution in [0.3, 0.4) is 0 Å². The highest BCUT2D eigenvalue weighted by Crippen LogP contribution is 2.33. The maximum Gasteiger partial charge on any atom is 0.266 e. The molecule has 0 atom stereocenters. The summed E-state index contributed by atoms with van der Waals surface area (Å²) >= 11 is 6.73. The number of nitrogens with zero attached hydrogens (tertiary/aromatic N) is 2. The Labute approximate surface area is 192 Å². The minimum Gasteiger partial charge on any atom is -0.312 e. The molecule has 0 unspecified atom stereocenters. The highest BCUT2D eigenvalue weighted by molar-refractivity contribution is 8.26. The van der Waals surface area contributed by atoms with Gasteiger partial charge in [-0.05, 0) is 48.6 Å². The van der Waals surface area contributed by atoms with E-state index >= 15 is 0 Å². The minimum absolute atomic E-state index is 0.0327. The molecule has 0 bridgehead atoms. The monoisotopic (exact) mass is 448 g/mol. The molecule has 2 amide bonds. The van der Waals surface area contributed by atoms with Crippen molar-refractivity contribution in [3.8, 4) is 0 Å². The van der Waals surface area contributed by atoms with Crippen LogP contribution in [0.4, 0.5) is 5.69 Å². The van der Waals surface area contributed by atoms with Crippen molar-refractivity contribution in [1.29, 1.82) is 0 Å². The first-order chi connectivity index (χ1) is 15.0. The quantitative estimate of drug-likeness (QED) is 0.465. The normalized spacial score (nSPS) is 18.0. The summed E-state index contributed by atoms with van der Waals surface area (Å²) in [5, 5.41) is 0. The van der Waals surface area contributed by atoms with Crippen LogP contribution >= 0.6 is 24.0 Å². The van der Waals surface area contributed by atoms with Gasteiger partial charge >= 0.3 is 0 Å². The van der Waals surface area contributed by atoms with E-state index in [0.29, 0.717) is 15.8 Å². The Kier molecular flexibility index (Phi) is 6.68. The van der Waals surface area contributed by atoms with Gasteiger partial charge in [0.1, 0.15) is 4.32 Å². The second kappa shape index (κ2) is 9.62. The summed E-state index contributed by atoms with van der Waals surface area (Å²) in [7, 11) is 0. The molecule has 0 aromatic heterocycles. The molecule has 2 aromatic rings. The lowest BCUT2D eigenvalue weighted by Crippen LogP contribution is -2.38. The Morgan fingerprint density at radius 3 is 2.68 bits per heavy atom. The van der Waals surface area contributed by atoms with E-state index in [9.17, 15) is 9.59 Å². The van der Waals surface area contributed by atoms with Crippen molar-refractivity contribution in [3.05, 3.63) is 82.3 Å². The molecule has 2 aromatic carbocycles. The Bertz CT molecular complexity index is 1080. The number of aryl methyl sites for hydroxylation is 1. The van der Waals surface area contributed by atoms with E-state index in [4.69, 9.17) is 12.2 Å². The summed E-state index contributed by atoms with van der Waals surface area (Å²) in [4.78, 5) is 29.8. The van der Waals surface area contributed by atoms with Crippen molar-refractivity contribution in [2.75, 3.05) is 18.0 Å². The van der Waals surface area contributed by atoms with Gasteiger partial charge in [0.15, 0.2) is 0 Å². The average molecular weight is 449 g/mol. The van der Waals surface area contributed by atoms with Gasteiger partial charge in [0.2, 0.25) is 5.91 Å². The summed E-state index contributed by atoms with van der Waals surface area (Å²) in [5.74, 6) is -0.0898. The molecule has 4 nitrogen and oxygen atoms in total. The Morgan fingerprint density at radius 1 is 1.13 bits per heavy atom. The number of fused-ring (bicyclic) bond motifs is 1. The molecule has 0 aliphatic carbocycles. The van der Waals surface area contributed by atoms with Gasteiger partial charge in [-0.2, -0.15) is 0 Å². The molecule has 2 heterocycles. The first-order valence-corrected chi connectivity index (χ1v) is 11.6. The van der Waals surface area contributed by atoms with Gasteiger partial charge in [-0.3, -0.25) is 14.5 Å². The molecule has 31 heavy (non-hydrogen) atoms. The van der Waals surface area contributed by atoms with E-state index in [0.717, 1.165) is 36.2 Å². The zero-order valence-corrected chi connectivity index (χ0v) is 19.0. The van der Waals surface area contributed by atoms with Gasteiger partial charge in [-0.1, -0.05) is 78.6 Å². The molecule has 0 spiro atoms. The van der Waals surface area contributed by atoms with Crippen LogP contribution < -0.4 is 4.90 Å². The Hall–Kier alpha value is -2.70. The second-order valence-corrected chi connectivity index (χ2v) is 9.34. The molecule has 1 fully saturated rings. The Balaban J connectivity index is 1.41. The number of benzene rings is 2. The van der Waals surface area contributed by atoms with Crippen LogP contribution in [0.5, 0.6) is 0 Å². The van der Waals surface area contributed by atoms with Crippen LogP contribution in [0.25, 0.3) is 6.08 Å². The SMILES string of the molecule is CC(/C=C1\SC(=S)N(CCC(=O)N2CCCc3ccccc32)C1=O)=C\c1ccccc1. The number of allylic oxidation sites excluding steroid dienone is 2. The van der Waals surface area contributed by atoms with Gasteiger partial charge < -0.3 is 4.90 Å². The molecule has 158 valence electrons. The number of carbonyl (C=O) groups is 2. The van der Waals surface area contributed by atoms with E-state index in [1.807, 2.05) is 72.5 Å². The van der Waals surface area contributed by atoms with Crippen molar-refractivity contribution >= 4 is 51.9 Å². The number of anilines is 1. The van der Waals surface area contributed by atoms with E-state index < -0.39 is 0 Å². The van der Waals surface area contributed by atoms with Crippen molar-refractivity contribution in [2.45, 2.75) is 26.2 Å². The van der Waals surface area contributed by atoms with Crippen molar-refractivity contribution < 1.29 is 9.59 Å². The predicted octanol–water partition coefficient (Wildman–Crippen LogP) is 5.20. The number of carbonyl (C=O) groups excluding carboxylic acids is 2. The maximum atomic E-state index is 12.9. The van der Waals surface area contributed by atoms with Gasteiger partial charge in [0, 0.05) is 25.2 Å². The molecule has 0 N–H and O–H groups in total. The molecular weight excluding hydrogens is 424 g/mol. The predicted molar refractivity (Wildman–Crippen MR) is 132 cm³/mol. The summed E-state index contributed by atoms with van der Waals surface area (Å²) in [6, 6.07) is 18.0. The van der Waals surface area contributed by atoms with Crippen LogP contribution in [0, 0.1) is 0 Å². The first kappa shape index (κ1) is 21.5. The van der Waals surface area contributed by atoms with Gasteiger partial charge in [0.05, 0.1) is 4.91 Å². The fraction of sp³-hybridized carbons (Fsp3) is 0.240. The van der Waals surface area contributed by atoms with E-state index in [-0.39, 0.29) is 18.2 Å². The first-order valence-electron chi connectivity index (χ1n) is 10.4. The van der Waals surface area contributed by atoms with Crippen LogP contribution in [0.2, 0.25) is 0 Å². The largest absolute Gasteiger partial charge is 0.312 e. The topological polar surface area (TPSA) is 40.6 Å². The lowest BCUT2D eigenvalue weighted by molar-refractivity contribution is -0.123. The molecule has 4 rings (SSSR count). The van der Waals surface area contributed by atoms with Crippen LogP contribution in [-0.4, -0.2) is 34.1 Å².